The summed E-state index contributed by atoms with van der Waals surface area (Å²) in [4.78, 5) is 0. The number of hydrogen-bond acceptors (Lipinski definition) is 3. The van der Waals surface area contributed by atoms with E-state index in [-0.39, 0.29) is 5.82 Å². The van der Waals surface area contributed by atoms with Gasteiger partial charge in [-0.3, -0.25) is 0 Å². The molecule has 2 aromatic rings. The molecular weight excluding hydrogens is 243 g/mol. The lowest BCUT2D eigenvalue weighted by molar-refractivity contribution is 0.382. The van der Waals surface area contributed by atoms with Crippen LogP contribution in [0.25, 0.3) is 11.1 Å². The number of anilines is 1. The van der Waals surface area contributed by atoms with Gasteiger partial charge in [-0.15, -0.1) is 0 Å². The molecule has 0 spiro atoms. The van der Waals surface area contributed by atoms with Gasteiger partial charge in [0, 0.05) is 6.42 Å². The largest absolute Gasteiger partial charge is 0.380 e. The van der Waals surface area contributed by atoms with Crippen LogP contribution in [-0.2, 0) is 6.42 Å². The molecule has 0 aliphatic heterocycles. The number of aryl methyl sites for hydroxylation is 1. The molecule has 0 aliphatic carbocycles. The molecule has 1 aromatic carbocycles. The van der Waals surface area contributed by atoms with E-state index in [1.54, 1.807) is 12.1 Å². The molecule has 0 saturated heterocycles. The van der Waals surface area contributed by atoms with Crippen LogP contribution in [0.4, 0.5) is 10.2 Å². The molecule has 0 fully saturated rings. The third-order valence-electron chi connectivity index (χ3n) is 3.18. The Morgan fingerprint density at radius 3 is 2.58 bits per heavy atom. The predicted molar refractivity (Wildman–Crippen MR) is 74.2 cm³/mol. The summed E-state index contributed by atoms with van der Waals surface area (Å²) >= 11 is 0. The number of unbranched alkanes of at least 4 members (excludes halogenated alkanes) is 3. The van der Waals surface area contributed by atoms with Crippen LogP contribution in [0.15, 0.2) is 28.8 Å². The Hall–Kier alpha value is -1.84. The van der Waals surface area contributed by atoms with Crippen LogP contribution in [0.2, 0.25) is 0 Å². The predicted octanol–water partition coefficient (Wildman–Crippen LogP) is 4.19. The second-order valence-corrected chi connectivity index (χ2v) is 4.68. The molecular formula is C15H19FN2O. The maximum absolute atomic E-state index is 12.9. The summed E-state index contributed by atoms with van der Waals surface area (Å²) in [5.74, 6) is 0.903. The Labute approximate surface area is 112 Å². The number of nitrogens with zero attached hydrogens (tertiary/aromatic N) is 1. The van der Waals surface area contributed by atoms with Gasteiger partial charge >= 0.3 is 0 Å². The second kappa shape index (κ2) is 6.36. The minimum atomic E-state index is -0.261. The fourth-order valence-electron chi connectivity index (χ4n) is 2.15. The minimum absolute atomic E-state index is 0.261. The standard InChI is InChI=1S/C15H19FN2O/c1-2-3-4-5-6-13-14(15(17)18-19-13)11-7-9-12(16)10-8-11/h7-10H,2-6H2,1H3,(H2,17,18). The van der Waals surface area contributed by atoms with Crippen molar-refractivity contribution in [3.05, 3.63) is 35.8 Å². The van der Waals surface area contributed by atoms with Crippen LogP contribution in [0.3, 0.4) is 0 Å². The van der Waals surface area contributed by atoms with Crippen molar-refractivity contribution >= 4 is 5.82 Å². The highest BCUT2D eigenvalue weighted by atomic mass is 19.1. The van der Waals surface area contributed by atoms with Crippen LogP contribution in [0.1, 0.15) is 38.4 Å². The van der Waals surface area contributed by atoms with Gasteiger partial charge in [-0.25, -0.2) is 4.39 Å². The molecule has 19 heavy (non-hydrogen) atoms. The van der Waals surface area contributed by atoms with Crippen LogP contribution in [-0.4, -0.2) is 5.16 Å². The van der Waals surface area contributed by atoms with E-state index in [4.69, 9.17) is 10.3 Å². The maximum Gasteiger partial charge on any atom is 0.175 e. The van der Waals surface area contributed by atoms with Gasteiger partial charge in [0.2, 0.25) is 0 Å². The first-order valence-electron chi connectivity index (χ1n) is 6.72. The number of nitrogen functional groups attached to an aromatic ring is 1. The van der Waals surface area contributed by atoms with E-state index in [1.807, 2.05) is 0 Å². The Morgan fingerprint density at radius 2 is 1.89 bits per heavy atom. The Bertz CT molecular complexity index is 519. The average Bonchev–Trinajstić information content (AvgIpc) is 2.77. The lowest BCUT2D eigenvalue weighted by Gasteiger charge is -2.02. The maximum atomic E-state index is 12.9. The zero-order valence-corrected chi connectivity index (χ0v) is 11.2. The van der Waals surface area contributed by atoms with Crippen molar-refractivity contribution < 1.29 is 8.91 Å². The van der Waals surface area contributed by atoms with E-state index >= 15 is 0 Å². The van der Waals surface area contributed by atoms with Crippen LogP contribution in [0.5, 0.6) is 0 Å². The third-order valence-corrected chi connectivity index (χ3v) is 3.18. The van der Waals surface area contributed by atoms with Crippen molar-refractivity contribution in [1.29, 1.82) is 0 Å². The van der Waals surface area contributed by atoms with Crippen LogP contribution >= 0.6 is 0 Å². The van der Waals surface area contributed by atoms with Gasteiger partial charge < -0.3 is 10.3 Å². The molecule has 1 aromatic heterocycles. The van der Waals surface area contributed by atoms with Crippen molar-refractivity contribution in [2.75, 3.05) is 5.73 Å². The average molecular weight is 262 g/mol. The zero-order chi connectivity index (χ0) is 13.7. The van der Waals surface area contributed by atoms with Crippen molar-refractivity contribution in [1.82, 2.24) is 5.16 Å². The highest BCUT2D eigenvalue weighted by Crippen LogP contribution is 2.30. The number of rotatable bonds is 6. The monoisotopic (exact) mass is 262 g/mol. The molecule has 0 aliphatic rings. The van der Waals surface area contributed by atoms with Crippen molar-refractivity contribution in [3.8, 4) is 11.1 Å². The lowest BCUT2D eigenvalue weighted by Crippen LogP contribution is -1.91. The van der Waals surface area contributed by atoms with Gasteiger partial charge in [-0.2, -0.15) is 0 Å². The van der Waals surface area contributed by atoms with E-state index in [9.17, 15) is 4.39 Å². The number of benzene rings is 1. The first-order valence-corrected chi connectivity index (χ1v) is 6.72. The molecule has 0 bridgehead atoms. The highest BCUT2D eigenvalue weighted by Gasteiger charge is 2.15. The number of aromatic nitrogens is 1. The molecule has 0 atom stereocenters. The van der Waals surface area contributed by atoms with Gasteiger partial charge in [-0.05, 0) is 24.1 Å². The van der Waals surface area contributed by atoms with Crippen molar-refractivity contribution in [3.63, 3.8) is 0 Å². The first kappa shape index (κ1) is 13.6. The molecule has 0 radical (unpaired) electrons. The molecule has 2 N–H and O–H groups in total. The second-order valence-electron chi connectivity index (χ2n) is 4.68. The summed E-state index contributed by atoms with van der Waals surface area (Å²) in [6.45, 7) is 2.18. The minimum Gasteiger partial charge on any atom is -0.380 e. The van der Waals surface area contributed by atoms with Crippen molar-refractivity contribution in [2.45, 2.75) is 39.0 Å². The molecule has 2 rings (SSSR count). The summed E-state index contributed by atoms with van der Waals surface area (Å²) < 4.78 is 18.2. The SMILES string of the molecule is CCCCCCc1onc(N)c1-c1ccc(F)cc1. The van der Waals surface area contributed by atoms with Gasteiger partial charge in [0.05, 0.1) is 5.56 Å². The summed E-state index contributed by atoms with van der Waals surface area (Å²) in [5, 5.41) is 3.82. The number of nitrogens with two attached hydrogens (primary N) is 1. The Morgan fingerprint density at radius 1 is 1.16 bits per heavy atom. The summed E-state index contributed by atoms with van der Waals surface area (Å²) in [6, 6.07) is 6.24. The molecule has 1 heterocycles. The molecule has 0 saturated carbocycles. The smallest absolute Gasteiger partial charge is 0.175 e. The van der Waals surface area contributed by atoms with E-state index in [0.717, 1.165) is 29.7 Å². The third kappa shape index (κ3) is 3.34. The molecule has 4 heteroatoms. The summed E-state index contributed by atoms with van der Waals surface area (Å²) in [6.07, 6.45) is 5.45. The van der Waals surface area contributed by atoms with Gasteiger partial charge in [0.15, 0.2) is 5.82 Å². The van der Waals surface area contributed by atoms with E-state index in [0.29, 0.717) is 5.82 Å². The first-order chi connectivity index (χ1) is 9.22. The van der Waals surface area contributed by atoms with Crippen molar-refractivity contribution in [2.24, 2.45) is 0 Å². The number of halogens is 1. The fourth-order valence-corrected chi connectivity index (χ4v) is 2.15. The van der Waals surface area contributed by atoms with Crippen LogP contribution in [0, 0.1) is 5.82 Å². The lowest BCUT2D eigenvalue weighted by atomic mass is 10.0. The molecule has 102 valence electrons. The van der Waals surface area contributed by atoms with Crippen LogP contribution < -0.4 is 5.73 Å². The van der Waals surface area contributed by atoms with Gasteiger partial charge in [0.25, 0.3) is 0 Å². The highest BCUT2D eigenvalue weighted by molar-refractivity contribution is 5.75. The molecule has 0 amide bonds. The fraction of sp³-hybridized carbons (Fsp3) is 0.400. The van der Waals surface area contributed by atoms with E-state index in [2.05, 4.69) is 12.1 Å². The summed E-state index contributed by atoms with van der Waals surface area (Å²) in [5.41, 5.74) is 7.50. The Kier molecular flexibility index (Phi) is 4.55. The zero-order valence-electron chi connectivity index (χ0n) is 11.2. The topological polar surface area (TPSA) is 52.0 Å². The molecule has 0 unspecified atom stereocenters. The quantitative estimate of drug-likeness (QED) is 0.794. The molecule has 3 nitrogen and oxygen atoms in total. The normalized spacial score (nSPS) is 10.8. The number of hydrogen-bond donors (Lipinski definition) is 1. The summed E-state index contributed by atoms with van der Waals surface area (Å²) in [7, 11) is 0. The van der Waals surface area contributed by atoms with Gasteiger partial charge in [-0.1, -0.05) is 43.5 Å². The Balaban J connectivity index is 2.15. The van der Waals surface area contributed by atoms with Gasteiger partial charge in [0.1, 0.15) is 11.6 Å². The van der Waals surface area contributed by atoms with E-state index in [1.165, 1.54) is 31.4 Å². The van der Waals surface area contributed by atoms with E-state index < -0.39 is 0 Å².